The highest BCUT2D eigenvalue weighted by Crippen LogP contribution is 2.21. The van der Waals surface area contributed by atoms with Crippen LogP contribution in [0.5, 0.6) is 5.75 Å². The van der Waals surface area contributed by atoms with E-state index in [1.165, 1.54) is 0 Å². The van der Waals surface area contributed by atoms with Crippen molar-refractivity contribution in [1.29, 1.82) is 0 Å². The fourth-order valence-corrected chi connectivity index (χ4v) is 2.29. The van der Waals surface area contributed by atoms with Crippen LogP contribution in [0.2, 0.25) is 0 Å². The molecule has 0 aliphatic heterocycles. The molecule has 0 saturated heterocycles. The number of aryl methyl sites for hydroxylation is 1. The number of aromatic nitrogens is 1. The summed E-state index contributed by atoms with van der Waals surface area (Å²) in [7, 11) is 3.72. The molecular formula is C16H21N3O. The lowest BCUT2D eigenvalue weighted by Crippen LogP contribution is -2.19. The van der Waals surface area contributed by atoms with E-state index in [4.69, 9.17) is 10.5 Å². The number of anilines is 1. The van der Waals surface area contributed by atoms with Crippen LogP contribution >= 0.6 is 0 Å². The number of rotatable bonds is 5. The zero-order chi connectivity index (χ0) is 14.5. The SMILES string of the molecule is COc1cc(C)nc(CN(C)c2ccccc2CN)c1. The van der Waals surface area contributed by atoms with E-state index in [0.717, 1.165) is 34.9 Å². The normalized spacial score (nSPS) is 10.4. The lowest BCUT2D eigenvalue weighted by molar-refractivity contribution is 0.413. The molecule has 1 aromatic carbocycles. The van der Waals surface area contributed by atoms with Gasteiger partial charge in [-0.05, 0) is 18.6 Å². The van der Waals surface area contributed by atoms with Crippen LogP contribution < -0.4 is 15.4 Å². The zero-order valence-electron chi connectivity index (χ0n) is 12.3. The topological polar surface area (TPSA) is 51.4 Å². The Morgan fingerprint density at radius 3 is 2.70 bits per heavy atom. The van der Waals surface area contributed by atoms with Gasteiger partial charge in [-0.3, -0.25) is 4.98 Å². The van der Waals surface area contributed by atoms with Gasteiger partial charge in [0.1, 0.15) is 5.75 Å². The number of methoxy groups -OCH3 is 1. The van der Waals surface area contributed by atoms with Crippen molar-refractivity contribution in [2.24, 2.45) is 5.73 Å². The van der Waals surface area contributed by atoms with Gasteiger partial charge >= 0.3 is 0 Å². The van der Waals surface area contributed by atoms with E-state index in [0.29, 0.717) is 6.54 Å². The molecule has 2 aromatic rings. The fraction of sp³-hybridized carbons (Fsp3) is 0.312. The van der Waals surface area contributed by atoms with Gasteiger partial charge < -0.3 is 15.4 Å². The first-order chi connectivity index (χ1) is 9.63. The second-order valence-electron chi connectivity index (χ2n) is 4.83. The van der Waals surface area contributed by atoms with Gasteiger partial charge in [0.15, 0.2) is 0 Å². The molecule has 0 aliphatic carbocycles. The summed E-state index contributed by atoms with van der Waals surface area (Å²) in [4.78, 5) is 6.71. The summed E-state index contributed by atoms with van der Waals surface area (Å²) in [6.07, 6.45) is 0. The summed E-state index contributed by atoms with van der Waals surface area (Å²) in [6.45, 7) is 3.22. The van der Waals surface area contributed by atoms with Crippen molar-refractivity contribution in [3.8, 4) is 5.75 Å². The first kappa shape index (κ1) is 14.3. The van der Waals surface area contributed by atoms with Gasteiger partial charge in [-0.15, -0.1) is 0 Å². The van der Waals surface area contributed by atoms with E-state index in [2.05, 4.69) is 22.0 Å². The van der Waals surface area contributed by atoms with Crippen LogP contribution in [0.4, 0.5) is 5.69 Å². The van der Waals surface area contributed by atoms with Crippen molar-refractivity contribution in [2.75, 3.05) is 19.1 Å². The standard InChI is InChI=1S/C16H21N3O/c1-12-8-15(20-3)9-14(18-12)11-19(2)16-7-5-4-6-13(16)10-17/h4-9H,10-11,17H2,1-3H3. The average Bonchev–Trinajstić information content (AvgIpc) is 2.46. The molecule has 0 amide bonds. The highest BCUT2D eigenvalue weighted by atomic mass is 16.5. The number of benzene rings is 1. The smallest absolute Gasteiger partial charge is 0.122 e. The lowest BCUT2D eigenvalue weighted by Gasteiger charge is -2.22. The van der Waals surface area contributed by atoms with Crippen LogP contribution in [-0.2, 0) is 13.1 Å². The molecule has 0 unspecified atom stereocenters. The average molecular weight is 271 g/mol. The Morgan fingerprint density at radius 2 is 2.00 bits per heavy atom. The van der Waals surface area contributed by atoms with Crippen LogP contribution in [0.25, 0.3) is 0 Å². The van der Waals surface area contributed by atoms with Gasteiger partial charge in [0.2, 0.25) is 0 Å². The van der Waals surface area contributed by atoms with Crippen LogP contribution in [0, 0.1) is 6.92 Å². The van der Waals surface area contributed by atoms with Gasteiger partial charge in [0, 0.05) is 37.1 Å². The molecule has 106 valence electrons. The third kappa shape index (κ3) is 3.27. The summed E-state index contributed by atoms with van der Waals surface area (Å²) in [5.74, 6) is 0.841. The lowest BCUT2D eigenvalue weighted by atomic mass is 10.1. The first-order valence-electron chi connectivity index (χ1n) is 6.64. The monoisotopic (exact) mass is 271 g/mol. The number of hydrogen-bond donors (Lipinski definition) is 1. The third-order valence-electron chi connectivity index (χ3n) is 3.24. The van der Waals surface area contributed by atoms with E-state index in [-0.39, 0.29) is 0 Å². The highest BCUT2D eigenvalue weighted by Gasteiger charge is 2.08. The molecule has 2 N–H and O–H groups in total. The predicted octanol–water partition coefficient (Wildman–Crippen LogP) is 2.49. The Bertz CT molecular complexity index is 584. The Kier molecular flexibility index (Phi) is 4.58. The maximum Gasteiger partial charge on any atom is 0.122 e. The largest absolute Gasteiger partial charge is 0.497 e. The van der Waals surface area contributed by atoms with E-state index in [1.54, 1.807) is 7.11 Å². The molecule has 0 spiro atoms. The maximum absolute atomic E-state index is 5.79. The molecule has 0 fully saturated rings. The summed E-state index contributed by atoms with van der Waals surface area (Å²) < 4.78 is 5.29. The second kappa shape index (κ2) is 6.39. The van der Waals surface area contributed by atoms with E-state index in [1.807, 2.05) is 38.2 Å². The van der Waals surface area contributed by atoms with Crippen molar-refractivity contribution in [1.82, 2.24) is 4.98 Å². The molecule has 0 atom stereocenters. The number of nitrogens with zero attached hydrogens (tertiary/aromatic N) is 2. The Labute approximate surface area is 120 Å². The number of ether oxygens (including phenoxy) is 1. The molecule has 4 heteroatoms. The molecular weight excluding hydrogens is 250 g/mol. The summed E-state index contributed by atoms with van der Waals surface area (Å²) in [5, 5.41) is 0. The second-order valence-corrected chi connectivity index (χ2v) is 4.83. The van der Waals surface area contributed by atoms with Crippen molar-refractivity contribution in [2.45, 2.75) is 20.0 Å². The quantitative estimate of drug-likeness (QED) is 0.907. The molecule has 0 saturated carbocycles. The van der Waals surface area contributed by atoms with Gasteiger partial charge in [0.25, 0.3) is 0 Å². The van der Waals surface area contributed by atoms with E-state index in [9.17, 15) is 0 Å². The summed E-state index contributed by atoms with van der Waals surface area (Å²) >= 11 is 0. The third-order valence-corrected chi connectivity index (χ3v) is 3.24. The summed E-state index contributed by atoms with van der Waals surface area (Å²) in [6, 6.07) is 12.1. The molecule has 1 heterocycles. The Balaban J connectivity index is 2.23. The van der Waals surface area contributed by atoms with Crippen molar-refractivity contribution < 1.29 is 4.74 Å². The van der Waals surface area contributed by atoms with Crippen molar-refractivity contribution in [3.05, 3.63) is 53.3 Å². The van der Waals surface area contributed by atoms with Crippen LogP contribution in [0.3, 0.4) is 0 Å². The Hall–Kier alpha value is -2.07. The molecule has 1 aromatic heterocycles. The minimum absolute atomic E-state index is 0.533. The number of para-hydroxylation sites is 1. The Morgan fingerprint density at radius 1 is 1.25 bits per heavy atom. The molecule has 20 heavy (non-hydrogen) atoms. The number of nitrogens with two attached hydrogens (primary N) is 1. The maximum atomic E-state index is 5.79. The van der Waals surface area contributed by atoms with Crippen LogP contribution in [-0.4, -0.2) is 19.1 Å². The van der Waals surface area contributed by atoms with Crippen LogP contribution in [0.15, 0.2) is 36.4 Å². The van der Waals surface area contributed by atoms with Crippen molar-refractivity contribution >= 4 is 5.69 Å². The van der Waals surface area contributed by atoms with E-state index >= 15 is 0 Å². The minimum atomic E-state index is 0.533. The van der Waals surface area contributed by atoms with Crippen LogP contribution in [0.1, 0.15) is 17.0 Å². The summed E-state index contributed by atoms with van der Waals surface area (Å²) in [5.41, 5.74) is 10.0. The highest BCUT2D eigenvalue weighted by molar-refractivity contribution is 5.53. The van der Waals surface area contributed by atoms with Gasteiger partial charge in [-0.1, -0.05) is 18.2 Å². The molecule has 4 nitrogen and oxygen atoms in total. The van der Waals surface area contributed by atoms with Gasteiger partial charge in [-0.25, -0.2) is 0 Å². The molecule has 0 radical (unpaired) electrons. The van der Waals surface area contributed by atoms with Gasteiger partial charge in [-0.2, -0.15) is 0 Å². The zero-order valence-corrected chi connectivity index (χ0v) is 12.3. The molecule has 0 bridgehead atoms. The predicted molar refractivity (Wildman–Crippen MR) is 82.0 cm³/mol. The minimum Gasteiger partial charge on any atom is -0.497 e. The number of hydrogen-bond acceptors (Lipinski definition) is 4. The molecule has 2 rings (SSSR count). The molecule has 0 aliphatic rings. The van der Waals surface area contributed by atoms with Crippen molar-refractivity contribution in [3.63, 3.8) is 0 Å². The fourth-order valence-electron chi connectivity index (χ4n) is 2.29. The van der Waals surface area contributed by atoms with Gasteiger partial charge in [0.05, 0.1) is 19.3 Å². The first-order valence-corrected chi connectivity index (χ1v) is 6.64. The van der Waals surface area contributed by atoms with E-state index < -0.39 is 0 Å². The number of pyridine rings is 1.